The molecule has 1 aromatic heterocycles. The van der Waals surface area contributed by atoms with E-state index < -0.39 is 0 Å². The van der Waals surface area contributed by atoms with E-state index in [2.05, 4.69) is 24.0 Å². The molecule has 5 heteroatoms. The van der Waals surface area contributed by atoms with Gasteiger partial charge in [-0.3, -0.25) is 0 Å². The van der Waals surface area contributed by atoms with Gasteiger partial charge in [0.05, 0.1) is 6.61 Å². The minimum atomic E-state index is -0.358. The molecule has 0 aliphatic heterocycles. The van der Waals surface area contributed by atoms with Crippen LogP contribution in [0.25, 0.3) is 10.6 Å². The second kappa shape index (κ2) is 6.73. The smallest absolute Gasteiger partial charge is 0.357 e. The minimum absolute atomic E-state index is 0.358. The molecule has 0 aliphatic carbocycles. The molecular weight excluding hydrogens is 278 g/mol. The molecule has 3 nitrogen and oxygen atoms in total. The third kappa shape index (κ3) is 3.58. The zero-order chi connectivity index (χ0) is 13.7. The first kappa shape index (κ1) is 14.1. The van der Waals surface area contributed by atoms with Crippen molar-refractivity contribution in [2.45, 2.75) is 18.7 Å². The van der Waals surface area contributed by atoms with Gasteiger partial charge in [-0.25, -0.2) is 9.78 Å². The lowest BCUT2D eigenvalue weighted by molar-refractivity contribution is 0.0520. The third-order valence-corrected chi connectivity index (χ3v) is 4.19. The van der Waals surface area contributed by atoms with Crippen LogP contribution in [0.3, 0.4) is 0 Å². The van der Waals surface area contributed by atoms with E-state index in [1.807, 2.05) is 12.1 Å². The van der Waals surface area contributed by atoms with Gasteiger partial charge in [0.25, 0.3) is 0 Å². The molecule has 0 saturated heterocycles. The number of nitrogens with zero attached hydrogens (tertiary/aromatic N) is 1. The number of carbonyl (C=O) groups excluding carboxylic acids is 1. The number of aromatic nitrogens is 1. The van der Waals surface area contributed by atoms with Crippen LogP contribution in [-0.2, 0) is 4.74 Å². The van der Waals surface area contributed by atoms with Crippen LogP contribution in [0.15, 0.2) is 34.5 Å². The first-order valence-electron chi connectivity index (χ1n) is 6.10. The first-order valence-corrected chi connectivity index (χ1v) is 7.97. The van der Waals surface area contributed by atoms with Crippen LogP contribution in [0.2, 0.25) is 0 Å². The van der Waals surface area contributed by atoms with Gasteiger partial charge in [-0.05, 0) is 24.8 Å². The Balaban J connectivity index is 2.15. The summed E-state index contributed by atoms with van der Waals surface area (Å²) < 4.78 is 4.93. The van der Waals surface area contributed by atoms with Gasteiger partial charge in [-0.1, -0.05) is 19.1 Å². The number of benzene rings is 1. The number of hydrogen-bond donors (Lipinski definition) is 0. The number of esters is 1. The maximum atomic E-state index is 11.5. The van der Waals surface area contributed by atoms with Crippen LogP contribution < -0.4 is 0 Å². The Morgan fingerprint density at radius 2 is 2.05 bits per heavy atom. The van der Waals surface area contributed by atoms with Crippen LogP contribution >= 0.6 is 23.1 Å². The highest BCUT2D eigenvalue weighted by molar-refractivity contribution is 7.99. The van der Waals surface area contributed by atoms with Crippen molar-refractivity contribution in [3.8, 4) is 10.6 Å². The average Bonchev–Trinajstić information content (AvgIpc) is 2.90. The second-order valence-corrected chi connectivity index (χ2v) is 5.91. The van der Waals surface area contributed by atoms with Gasteiger partial charge in [-0.2, -0.15) is 0 Å². The van der Waals surface area contributed by atoms with E-state index in [-0.39, 0.29) is 5.97 Å². The largest absolute Gasteiger partial charge is 0.461 e. The van der Waals surface area contributed by atoms with Crippen LogP contribution in [0.4, 0.5) is 0 Å². The first-order chi connectivity index (χ1) is 9.24. The number of carbonyl (C=O) groups is 1. The topological polar surface area (TPSA) is 39.2 Å². The quantitative estimate of drug-likeness (QED) is 0.614. The summed E-state index contributed by atoms with van der Waals surface area (Å²) in [4.78, 5) is 17.1. The lowest BCUT2D eigenvalue weighted by Crippen LogP contribution is -2.04. The van der Waals surface area contributed by atoms with Crippen molar-refractivity contribution >= 4 is 29.1 Å². The van der Waals surface area contributed by atoms with E-state index in [0.717, 1.165) is 16.3 Å². The van der Waals surface area contributed by atoms with Gasteiger partial charge in [0.15, 0.2) is 5.69 Å². The summed E-state index contributed by atoms with van der Waals surface area (Å²) in [6.07, 6.45) is 0. The Labute approximate surface area is 121 Å². The van der Waals surface area contributed by atoms with E-state index in [4.69, 9.17) is 4.74 Å². The van der Waals surface area contributed by atoms with Crippen molar-refractivity contribution in [1.29, 1.82) is 0 Å². The summed E-state index contributed by atoms with van der Waals surface area (Å²) in [5.41, 5.74) is 1.41. The molecule has 0 saturated carbocycles. The zero-order valence-electron chi connectivity index (χ0n) is 10.9. The Bertz CT molecular complexity index is 549. The van der Waals surface area contributed by atoms with Crippen LogP contribution in [0, 0.1) is 0 Å². The summed E-state index contributed by atoms with van der Waals surface area (Å²) in [5, 5.41) is 2.58. The lowest BCUT2D eigenvalue weighted by atomic mass is 10.2. The van der Waals surface area contributed by atoms with Crippen molar-refractivity contribution < 1.29 is 9.53 Å². The van der Waals surface area contributed by atoms with E-state index >= 15 is 0 Å². The number of hydrogen-bond acceptors (Lipinski definition) is 5. The van der Waals surface area contributed by atoms with Gasteiger partial charge in [0.2, 0.25) is 0 Å². The predicted molar refractivity (Wildman–Crippen MR) is 79.9 cm³/mol. The molecule has 2 rings (SSSR count). The molecular formula is C14H15NO2S2. The van der Waals surface area contributed by atoms with E-state index in [0.29, 0.717) is 12.3 Å². The van der Waals surface area contributed by atoms with Crippen molar-refractivity contribution in [2.75, 3.05) is 12.4 Å². The Kier molecular flexibility index (Phi) is 4.99. The third-order valence-electron chi connectivity index (χ3n) is 2.40. The van der Waals surface area contributed by atoms with Crippen LogP contribution in [-0.4, -0.2) is 23.3 Å². The van der Waals surface area contributed by atoms with Crippen molar-refractivity contribution in [3.05, 3.63) is 35.3 Å². The monoisotopic (exact) mass is 293 g/mol. The van der Waals surface area contributed by atoms with E-state index in [1.165, 1.54) is 16.2 Å². The molecule has 0 aliphatic rings. The molecule has 19 heavy (non-hydrogen) atoms. The Morgan fingerprint density at radius 1 is 1.32 bits per heavy atom. The molecule has 0 spiro atoms. The number of ether oxygens (including phenoxy) is 1. The maximum absolute atomic E-state index is 11.5. The van der Waals surface area contributed by atoms with Crippen molar-refractivity contribution in [3.63, 3.8) is 0 Å². The Morgan fingerprint density at radius 3 is 2.68 bits per heavy atom. The van der Waals surface area contributed by atoms with Gasteiger partial charge in [0.1, 0.15) is 5.01 Å². The fourth-order valence-corrected chi connectivity index (χ4v) is 3.02. The summed E-state index contributed by atoms with van der Waals surface area (Å²) in [6.45, 7) is 4.29. The molecule has 0 unspecified atom stereocenters. The second-order valence-electron chi connectivity index (χ2n) is 3.72. The highest BCUT2D eigenvalue weighted by Gasteiger charge is 2.12. The normalized spacial score (nSPS) is 10.4. The zero-order valence-corrected chi connectivity index (χ0v) is 12.5. The molecule has 0 N–H and O–H groups in total. The SMILES string of the molecule is CCOC(=O)c1csc(-c2ccc(SCC)cc2)n1. The molecule has 1 heterocycles. The highest BCUT2D eigenvalue weighted by Crippen LogP contribution is 2.26. The highest BCUT2D eigenvalue weighted by atomic mass is 32.2. The van der Waals surface area contributed by atoms with Gasteiger partial charge in [0, 0.05) is 15.8 Å². The lowest BCUT2D eigenvalue weighted by Gasteiger charge is -2.00. The molecule has 0 radical (unpaired) electrons. The summed E-state index contributed by atoms with van der Waals surface area (Å²) in [7, 11) is 0. The molecule has 2 aromatic rings. The Hall–Kier alpha value is -1.33. The summed E-state index contributed by atoms with van der Waals surface area (Å²) >= 11 is 3.26. The van der Waals surface area contributed by atoms with Crippen molar-refractivity contribution in [2.24, 2.45) is 0 Å². The molecule has 0 amide bonds. The standard InChI is InChI=1S/C14H15NO2S2/c1-3-17-14(16)12-9-19-13(15-12)10-5-7-11(8-6-10)18-4-2/h5-9H,3-4H2,1-2H3. The molecule has 0 atom stereocenters. The predicted octanol–water partition coefficient (Wildman–Crippen LogP) is 4.10. The molecule has 1 aromatic carbocycles. The average molecular weight is 293 g/mol. The van der Waals surface area contributed by atoms with Crippen LogP contribution in [0.1, 0.15) is 24.3 Å². The molecule has 0 bridgehead atoms. The number of thiazole rings is 1. The maximum Gasteiger partial charge on any atom is 0.357 e. The number of rotatable bonds is 5. The summed E-state index contributed by atoms with van der Waals surface area (Å²) in [6, 6.07) is 8.22. The van der Waals surface area contributed by atoms with Gasteiger partial charge >= 0.3 is 5.97 Å². The fraction of sp³-hybridized carbons (Fsp3) is 0.286. The fourth-order valence-electron chi connectivity index (χ4n) is 1.57. The van der Waals surface area contributed by atoms with Crippen molar-refractivity contribution in [1.82, 2.24) is 4.98 Å². The number of thioether (sulfide) groups is 1. The van der Waals surface area contributed by atoms with E-state index in [9.17, 15) is 4.79 Å². The van der Waals surface area contributed by atoms with Gasteiger partial charge < -0.3 is 4.74 Å². The minimum Gasteiger partial charge on any atom is -0.461 e. The summed E-state index contributed by atoms with van der Waals surface area (Å²) in [5.74, 6) is 0.701. The van der Waals surface area contributed by atoms with E-state index in [1.54, 1.807) is 24.1 Å². The molecule has 100 valence electrons. The molecule has 0 fully saturated rings. The van der Waals surface area contributed by atoms with Gasteiger partial charge in [-0.15, -0.1) is 23.1 Å². The van der Waals surface area contributed by atoms with Crippen LogP contribution in [0.5, 0.6) is 0 Å².